The van der Waals surface area contributed by atoms with Crippen LogP contribution in [0.25, 0.3) is 0 Å². The molecule has 0 amide bonds. The summed E-state index contributed by atoms with van der Waals surface area (Å²) in [4.78, 5) is 0. The highest BCUT2D eigenvalue weighted by Gasteiger charge is 2.30. The SMILES string of the molecule is FC(F)(F)c1cccc(OCCNCc2ccccc2)c1. The summed E-state index contributed by atoms with van der Waals surface area (Å²) in [6.07, 6.45) is -4.34. The highest BCUT2D eigenvalue weighted by atomic mass is 19.4. The minimum absolute atomic E-state index is 0.228. The molecule has 21 heavy (non-hydrogen) atoms. The summed E-state index contributed by atoms with van der Waals surface area (Å²) in [7, 11) is 0. The van der Waals surface area contributed by atoms with Gasteiger partial charge in [0.1, 0.15) is 12.4 Å². The topological polar surface area (TPSA) is 21.3 Å². The van der Waals surface area contributed by atoms with Crippen LogP contribution in [0.4, 0.5) is 13.2 Å². The van der Waals surface area contributed by atoms with E-state index in [2.05, 4.69) is 5.32 Å². The van der Waals surface area contributed by atoms with E-state index < -0.39 is 11.7 Å². The monoisotopic (exact) mass is 295 g/mol. The van der Waals surface area contributed by atoms with Gasteiger partial charge in [0.25, 0.3) is 0 Å². The van der Waals surface area contributed by atoms with Crippen LogP contribution in [0.5, 0.6) is 5.75 Å². The Bertz CT molecular complexity index is 555. The van der Waals surface area contributed by atoms with Crippen molar-refractivity contribution in [2.75, 3.05) is 13.2 Å². The number of alkyl halides is 3. The van der Waals surface area contributed by atoms with Gasteiger partial charge in [0.05, 0.1) is 5.56 Å². The van der Waals surface area contributed by atoms with Gasteiger partial charge in [0.15, 0.2) is 0 Å². The first kappa shape index (κ1) is 15.4. The van der Waals surface area contributed by atoms with Crippen molar-refractivity contribution in [3.05, 3.63) is 65.7 Å². The molecule has 0 saturated heterocycles. The fourth-order valence-electron chi connectivity index (χ4n) is 1.83. The van der Waals surface area contributed by atoms with E-state index in [0.29, 0.717) is 19.7 Å². The lowest BCUT2D eigenvalue weighted by atomic mass is 10.2. The predicted molar refractivity (Wildman–Crippen MR) is 75.1 cm³/mol. The van der Waals surface area contributed by atoms with Crippen molar-refractivity contribution in [2.24, 2.45) is 0 Å². The van der Waals surface area contributed by atoms with Crippen LogP contribution < -0.4 is 10.1 Å². The molecule has 0 unspecified atom stereocenters. The van der Waals surface area contributed by atoms with Crippen molar-refractivity contribution >= 4 is 0 Å². The van der Waals surface area contributed by atoms with Crippen LogP contribution in [0.3, 0.4) is 0 Å². The van der Waals surface area contributed by atoms with Crippen molar-refractivity contribution in [1.29, 1.82) is 0 Å². The Morgan fingerprint density at radius 2 is 1.71 bits per heavy atom. The largest absolute Gasteiger partial charge is 0.492 e. The Morgan fingerprint density at radius 3 is 2.43 bits per heavy atom. The second-order valence-electron chi connectivity index (χ2n) is 4.54. The first-order valence-corrected chi connectivity index (χ1v) is 6.60. The molecule has 0 bridgehead atoms. The van der Waals surface area contributed by atoms with E-state index in [1.807, 2.05) is 30.3 Å². The molecule has 0 aliphatic carbocycles. The zero-order chi connectivity index (χ0) is 15.1. The summed E-state index contributed by atoms with van der Waals surface area (Å²) in [5.74, 6) is 0.228. The molecule has 2 aromatic rings. The fraction of sp³-hybridized carbons (Fsp3) is 0.250. The maximum atomic E-state index is 12.5. The molecule has 2 rings (SSSR count). The Labute approximate surface area is 121 Å². The lowest BCUT2D eigenvalue weighted by molar-refractivity contribution is -0.137. The molecule has 0 saturated carbocycles. The van der Waals surface area contributed by atoms with Crippen LogP contribution >= 0.6 is 0 Å². The average Bonchev–Trinajstić information content (AvgIpc) is 2.47. The van der Waals surface area contributed by atoms with Gasteiger partial charge < -0.3 is 10.1 Å². The maximum absolute atomic E-state index is 12.5. The molecule has 2 nitrogen and oxygen atoms in total. The van der Waals surface area contributed by atoms with E-state index in [4.69, 9.17) is 4.74 Å². The summed E-state index contributed by atoms with van der Waals surface area (Å²) in [6, 6.07) is 14.8. The first-order valence-electron chi connectivity index (χ1n) is 6.60. The molecule has 0 atom stereocenters. The normalized spacial score (nSPS) is 11.4. The lowest BCUT2D eigenvalue weighted by Crippen LogP contribution is -2.20. The van der Waals surface area contributed by atoms with Crippen molar-refractivity contribution in [2.45, 2.75) is 12.7 Å². The van der Waals surface area contributed by atoms with Crippen molar-refractivity contribution in [3.63, 3.8) is 0 Å². The molecule has 112 valence electrons. The van der Waals surface area contributed by atoms with E-state index in [-0.39, 0.29) is 5.75 Å². The summed E-state index contributed by atoms with van der Waals surface area (Å²) in [5, 5.41) is 3.17. The molecule has 5 heteroatoms. The van der Waals surface area contributed by atoms with Gasteiger partial charge in [-0.05, 0) is 23.8 Å². The van der Waals surface area contributed by atoms with E-state index >= 15 is 0 Å². The lowest BCUT2D eigenvalue weighted by Gasteiger charge is -2.10. The average molecular weight is 295 g/mol. The van der Waals surface area contributed by atoms with E-state index in [1.165, 1.54) is 12.1 Å². The van der Waals surface area contributed by atoms with Gasteiger partial charge in [0, 0.05) is 13.1 Å². The van der Waals surface area contributed by atoms with Crippen LogP contribution in [0, 0.1) is 0 Å². The Hall–Kier alpha value is -2.01. The zero-order valence-electron chi connectivity index (χ0n) is 11.4. The summed E-state index contributed by atoms with van der Waals surface area (Å²) in [5.41, 5.74) is 0.453. The van der Waals surface area contributed by atoms with Crippen LogP contribution in [0.1, 0.15) is 11.1 Å². The van der Waals surface area contributed by atoms with Crippen molar-refractivity contribution in [1.82, 2.24) is 5.32 Å². The third-order valence-corrected chi connectivity index (χ3v) is 2.88. The van der Waals surface area contributed by atoms with Gasteiger partial charge in [-0.15, -0.1) is 0 Å². The van der Waals surface area contributed by atoms with Gasteiger partial charge in [0.2, 0.25) is 0 Å². The molecule has 0 spiro atoms. The Morgan fingerprint density at radius 1 is 0.952 bits per heavy atom. The van der Waals surface area contributed by atoms with Crippen LogP contribution in [0.15, 0.2) is 54.6 Å². The van der Waals surface area contributed by atoms with E-state index in [0.717, 1.165) is 17.7 Å². The third-order valence-electron chi connectivity index (χ3n) is 2.88. The van der Waals surface area contributed by atoms with Crippen LogP contribution in [-0.4, -0.2) is 13.2 Å². The van der Waals surface area contributed by atoms with E-state index in [9.17, 15) is 13.2 Å². The second kappa shape index (κ2) is 7.13. The summed E-state index contributed by atoms with van der Waals surface area (Å²) >= 11 is 0. The van der Waals surface area contributed by atoms with Gasteiger partial charge in [-0.2, -0.15) is 13.2 Å². The van der Waals surface area contributed by atoms with Gasteiger partial charge in [-0.25, -0.2) is 0 Å². The van der Waals surface area contributed by atoms with Crippen LogP contribution in [0.2, 0.25) is 0 Å². The van der Waals surface area contributed by atoms with Crippen molar-refractivity contribution < 1.29 is 17.9 Å². The summed E-state index contributed by atoms with van der Waals surface area (Å²) < 4.78 is 42.9. The molecule has 0 aliphatic heterocycles. The van der Waals surface area contributed by atoms with Gasteiger partial charge in [-0.3, -0.25) is 0 Å². The second-order valence-corrected chi connectivity index (χ2v) is 4.54. The quantitative estimate of drug-likeness (QED) is 0.817. The number of hydrogen-bond acceptors (Lipinski definition) is 2. The molecule has 1 N–H and O–H groups in total. The van der Waals surface area contributed by atoms with Crippen LogP contribution in [-0.2, 0) is 12.7 Å². The molecule has 0 aliphatic rings. The smallest absolute Gasteiger partial charge is 0.416 e. The maximum Gasteiger partial charge on any atom is 0.416 e. The molecule has 0 aromatic heterocycles. The Balaban J connectivity index is 1.74. The Kier molecular flexibility index (Phi) is 5.22. The number of nitrogens with one attached hydrogen (secondary N) is 1. The number of ether oxygens (including phenoxy) is 1. The number of halogens is 3. The molecule has 2 aromatic carbocycles. The zero-order valence-corrected chi connectivity index (χ0v) is 11.4. The minimum Gasteiger partial charge on any atom is -0.492 e. The standard InChI is InChI=1S/C16H16F3NO/c17-16(18,19)14-7-4-8-15(11-14)21-10-9-20-12-13-5-2-1-3-6-13/h1-8,11,20H,9-10,12H2. The van der Waals surface area contributed by atoms with Crippen molar-refractivity contribution in [3.8, 4) is 5.75 Å². The molecule has 0 fully saturated rings. The number of benzene rings is 2. The number of hydrogen-bond donors (Lipinski definition) is 1. The summed E-state index contributed by atoms with van der Waals surface area (Å²) in [6.45, 7) is 1.58. The fourth-order valence-corrected chi connectivity index (χ4v) is 1.83. The molecular formula is C16H16F3NO. The first-order chi connectivity index (χ1) is 10.1. The highest BCUT2D eigenvalue weighted by molar-refractivity contribution is 5.30. The predicted octanol–water partition coefficient (Wildman–Crippen LogP) is 3.87. The minimum atomic E-state index is -4.34. The highest BCUT2D eigenvalue weighted by Crippen LogP contribution is 2.31. The van der Waals surface area contributed by atoms with Gasteiger partial charge in [-0.1, -0.05) is 36.4 Å². The number of rotatable bonds is 6. The third kappa shape index (κ3) is 5.11. The van der Waals surface area contributed by atoms with Gasteiger partial charge >= 0.3 is 6.18 Å². The molecule has 0 radical (unpaired) electrons. The molecule has 0 heterocycles. The molecular weight excluding hydrogens is 279 g/mol. The van der Waals surface area contributed by atoms with E-state index in [1.54, 1.807) is 0 Å².